The maximum absolute atomic E-state index is 12.0. The Bertz CT molecular complexity index is 516. The van der Waals surface area contributed by atoms with Gasteiger partial charge < -0.3 is 15.2 Å². The van der Waals surface area contributed by atoms with E-state index in [1.54, 1.807) is 19.2 Å². The Morgan fingerprint density at radius 1 is 0.889 bits per heavy atom. The number of amides is 1. The maximum Gasteiger partial charge on any atom is 0.224 e. The van der Waals surface area contributed by atoms with Crippen LogP contribution in [0.2, 0.25) is 0 Å². The summed E-state index contributed by atoms with van der Waals surface area (Å²) >= 11 is 0. The van der Waals surface area contributed by atoms with Crippen molar-refractivity contribution in [3.05, 3.63) is 18.2 Å². The van der Waals surface area contributed by atoms with E-state index in [1.807, 2.05) is 0 Å². The molecule has 1 aromatic carbocycles. The SMILES string of the molecule is CCCCCCCCCCCCCCCC(=O)Nc1cc(O)ccc1OC. The molecule has 4 nitrogen and oxygen atoms in total. The first-order valence-corrected chi connectivity index (χ1v) is 10.8. The molecule has 27 heavy (non-hydrogen) atoms. The third-order valence-electron chi connectivity index (χ3n) is 4.96. The van der Waals surface area contributed by atoms with Gasteiger partial charge in [0, 0.05) is 12.5 Å². The number of aromatic hydroxyl groups is 1. The minimum absolute atomic E-state index is 0.0260. The summed E-state index contributed by atoms with van der Waals surface area (Å²) in [6, 6.07) is 4.71. The summed E-state index contributed by atoms with van der Waals surface area (Å²) in [5, 5.41) is 12.4. The molecule has 0 fully saturated rings. The van der Waals surface area contributed by atoms with E-state index in [-0.39, 0.29) is 11.7 Å². The van der Waals surface area contributed by atoms with E-state index in [1.165, 1.54) is 76.7 Å². The number of nitrogens with one attached hydrogen (secondary N) is 1. The molecule has 1 amide bonds. The van der Waals surface area contributed by atoms with Crippen molar-refractivity contribution in [1.82, 2.24) is 0 Å². The monoisotopic (exact) mass is 377 g/mol. The molecular formula is C23H39NO3. The van der Waals surface area contributed by atoms with Gasteiger partial charge in [0.05, 0.1) is 12.8 Å². The molecule has 0 atom stereocenters. The van der Waals surface area contributed by atoms with Gasteiger partial charge in [-0.1, -0.05) is 84.0 Å². The van der Waals surface area contributed by atoms with Crippen LogP contribution in [0.4, 0.5) is 5.69 Å². The zero-order valence-corrected chi connectivity index (χ0v) is 17.4. The van der Waals surface area contributed by atoms with Crippen LogP contribution in [0.3, 0.4) is 0 Å². The van der Waals surface area contributed by atoms with Gasteiger partial charge in [-0.05, 0) is 18.6 Å². The highest BCUT2D eigenvalue weighted by Crippen LogP contribution is 2.28. The Labute approximate surface area is 165 Å². The standard InChI is InChI=1S/C23H39NO3/c1-3-4-5-6-7-8-9-10-11-12-13-14-15-16-23(26)24-21-19-20(25)17-18-22(21)27-2/h17-19,25H,3-16H2,1-2H3,(H,24,26). The number of hydrogen-bond acceptors (Lipinski definition) is 3. The number of rotatable bonds is 16. The van der Waals surface area contributed by atoms with Crippen molar-refractivity contribution in [3.63, 3.8) is 0 Å². The van der Waals surface area contributed by atoms with Gasteiger partial charge in [0.1, 0.15) is 11.5 Å². The van der Waals surface area contributed by atoms with Crippen LogP contribution < -0.4 is 10.1 Å². The number of carbonyl (C=O) groups excluding carboxylic acids is 1. The van der Waals surface area contributed by atoms with Crippen LogP contribution in [-0.4, -0.2) is 18.1 Å². The van der Waals surface area contributed by atoms with Crippen molar-refractivity contribution in [1.29, 1.82) is 0 Å². The largest absolute Gasteiger partial charge is 0.508 e. The van der Waals surface area contributed by atoms with E-state index in [4.69, 9.17) is 4.74 Å². The summed E-state index contributed by atoms with van der Waals surface area (Å²) in [5.74, 6) is 0.653. The molecule has 1 aromatic rings. The number of hydrogen-bond donors (Lipinski definition) is 2. The summed E-state index contributed by atoms with van der Waals surface area (Å²) < 4.78 is 5.20. The van der Waals surface area contributed by atoms with E-state index in [0.717, 1.165) is 12.8 Å². The Morgan fingerprint density at radius 2 is 1.41 bits per heavy atom. The van der Waals surface area contributed by atoms with Crippen LogP contribution in [0.5, 0.6) is 11.5 Å². The first kappa shape index (κ1) is 23.3. The topological polar surface area (TPSA) is 58.6 Å². The average Bonchev–Trinajstić information content (AvgIpc) is 2.65. The van der Waals surface area contributed by atoms with Crippen LogP contribution in [0.1, 0.15) is 96.8 Å². The number of carbonyl (C=O) groups is 1. The van der Waals surface area contributed by atoms with E-state index in [9.17, 15) is 9.90 Å². The number of methoxy groups -OCH3 is 1. The van der Waals surface area contributed by atoms with Gasteiger partial charge in [-0.3, -0.25) is 4.79 Å². The van der Waals surface area contributed by atoms with Crippen LogP contribution in [0, 0.1) is 0 Å². The zero-order valence-electron chi connectivity index (χ0n) is 17.4. The molecule has 0 aliphatic carbocycles. The maximum atomic E-state index is 12.0. The summed E-state index contributed by atoms with van der Waals surface area (Å²) in [4.78, 5) is 12.0. The molecule has 2 N–H and O–H groups in total. The molecule has 1 rings (SSSR count). The molecule has 0 aromatic heterocycles. The van der Waals surface area contributed by atoms with Crippen molar-refractivity contribution in [2.75, 3.05) is 12.4 Å². The normalized spacial score (nSPS) is 10.7. The molecule has 0 heterocycles. The van der Waals surface area contributed by atoms with Gasteiger partial charge in [0.2, 0.25) is 5.91 Å². The number of unbranched alkanes of at least 4 members (excludes halogenated alkanes) is 12. The van der Waals surface area contributed by atoms with Crippen molar-refractivity contribution >= 4 is 11.6 Å². The van der Waals surface area contributed by atoms with Gasteiger partial charge >= 0.3 is 0 Å². The van der Waals surface area contributed by atoms with Crippen LogP contribution in [-0.2, 0) is 4.79 Å². The molecule has 154 valence electrons. The van der Waals surface area contributed by atoms with Gasteiger partial charge in [-0.15, -0.1) is 0 Å². The Kier molecular flexibility index (Phi) is 13.3. The lowest BCUT2D eigenvalue weighted by Gasteiger charge is -2.10. The molecule has 0 radical (unpaired) electrons. The van der Waals surface area contributed by atoms with Crippen molar-refractivity contribution in [2.45, 2.75) is 96.8 Å². The van der Waals surface area contributed by atoms with Gasteiger partial charge in [-0.2, -0.15) is 0 Å². The lowest BCUT2D eigenvalue weighted by atomic mass is 10.0. The zero-order chi connectivity index (χ0) is 19.7. The minimum Gasteiger partial charge on any atom is -0.508 e. The third kappa shape index (κ3) is 11.6. The Balaban J connectivity index is 1.98. The highest BCUT2D eigenvalue weighted by molar-refractivity contribution is 5.92. The first-order chi connectivity index (χ1) is 13.2. The highest BCUT2D eigenvalue weighted by Gasteiger charge is 2.08. The van der Waals surface area contributed by atoms with E-state index >= 15 is 0 Å². The lowest BCUT2D eigenvalue weighted by molar-refractivity contribution is -0.116. The molecule has 0 bridgehead atoms. The third-order valence-corrected chi connectivity index (χ3v) is 4.96. The predicted octanol–water partition coefficient (Wildman–Crippen LogP) is 6.82. The second kappa shape index (κ2) is 15.4. The van der Waals surface area contributed by atoms with E-state index < -0.39 is 0 Å². The van der Waals surface area contributed by atoms with Crippen LogP contribution >= 0.6 is 0 Å². The van der Waals surface area contributed by atoms with Crippen molar-refractivity contribution < 1.29 is 14.6 Å². The molecule has 4 heteroatoms. The molecule has 0 saturated heterocycles. The van der Waals surface area contributed by atoms with E-state index in [2.05, 4.69) is 12.2 Å². The summed E-state index contributed by atoms with van der Waals surface area (Å²) in [5.41, 5.74) is 0.525. The van der Waals surface area contributed by atoms with Crippen LogP contribution in [0.25, 0.3) is 0 Å². The molecular weight excluding hydrogens is 338 g/mol. The second-order valence-corrected chi connectivity index (χ2v) is 7.43. The second-order valence-electron chi connectivity index (χ2n) is 7.43. The Hall–Kier alpha value is -1.71. The van der Waals surface area contributed by atoms with Crippen molar-refractivity contribution in [2.24, 2.45) is 0 Å². The van der Waals surface area contributed by atoms with Crippen LogP contribution in [0.15, 0.2) is 18.2 Å². The fourth-order valence-electron chi connectivity index (χ4n) is 3.31. The predicted molar refractivity (Wildman–Crippen MR) is 114 cm³/mol. The molecule has 0 aliphatic heterocycles. The highest BCUT2D eigenvalue weighted by atomic mass is 16.5. The number of phenolic OH excluding ortho intramolecular Hbond substituents is 1. The smallest absolute Gasteiger partial charge is 0.224 e. The fourth-order valence-corrected chi connectivity index (χ4v) is 3.31. The van der Waals surface area contributed by atoms with Crippen molar-refractivity contribution in [3.8, 4) is 11.5 Å². The molecule has 0 spiro atoms. The summed E-state index contributed by atoms with van der Waals surface area (Å²) in [6.45, 7) is 2.26. The number of anilines is 1. The summed E-state index contributed by atoms with van der Waals surface area (Å²) in [7, 11) is 1.55. The van der Waals surface area contributed by atoms with E-state index in [0.29, 0.717) is 17.9 Å². The minimum atomic E-state index is -0.0260. The van der Waals surface area contributed by atoms with Gasteiger partial charge in [-0.25, -0.2) is 0 Å². The number of benzene rings is 1. The number of ether oxygens (including phenoxy) is 1. The first-order valence-electron chi connectivity index (χ1n) is 10.8. The molecule has 0 unspecified atom stereocenters. The average molecular weight is 378 g/mol. The number of phenols is 1. The molecule has 0 aliphatic rings. The van der Waals surface area contributed by atoms with Gasteiger partial charge in [0.25, 0.3) is 0 Å². The Morgan fingerprint density at radius 3 is 1.93 bits per heavy atom. The fraction of sp³-hybridized carbons (Fsp3) is 0.696. The van der Waals surface area contributed by atoms with Gasteiger partial charge in [0.15, 0.2) is 0 Å². The quantitative estimate of drug-likeness (QED) is 0.311. The lowest BCUT2D eigenvalue weighted by Crippen LogP contribution is -2.11. The molecule has 0 saturated carbocycles. The summed E-state index contributed by atoms with van der Waals surface area (Å²) in [6.07, 6.45) is 17.4.